The van der Waals surface area contributed by atoms with Crippen molar-refractivity contribution >= 4 is 29.1 Å². The average Bonchev–Trinajstić information content (AvgIpc) is 3.37. The molecule has 33 heavy (non-hydrogen) atoms. The molecule has 168 valence electrons. The molecule has 0 fully saturated rings. The Morgan fingerprint density at radius 1 is 1.24 bits per heavy atom. The Balaban J connectivity index is 1.31. The number of aromatic nitrogens is 3. The predicted molar refractivity (Wildman–Crippen MR) is 124 cm³/mol. The molecule has 0 aliphatic carbocycles. The zero-order valence-corrected chi connectivity index (χ0v) is 18.9. The lowest BCUT2D eigenvalue weighted by Crippen LogP contribution is -2.25. The van der Waals surface area contributed by atoms with Gasteiger partial charge in [-0.05, 0) is 35.9 Å². The normalized spacial score (nSPS) is 16.6. The maximum Gasteiger partial charge on any atom is 0.231 e. The smallest absolute Gasteiger partial charge is 0.231 e. The van der Waals surface area contributed by atoms with Crippen LogP contribution in [0.15, 0.2) is 60.3 Å². The monoisotopic (exact) mass is 462 g/mol. The van der Waals surface area contributed by atoms with Gasteiger partial charge in [-0.3, -0.25) is 14.2 Å². The van der Waals surface area contributed by atoms with Crippen molar-refractivity contribution in [3.05, 3.63) is 72.1 Å². The number of nitrogens with zero attached hydrogens (tertiary/aromatic N) is 4. The van der Waals surface area contributed by atoms with Crippen molar-refractivity contribution in [1.82, 2.24) is 14.8 Å². The SMILES string of the molecule is C=CCn1c(SCC(=O)c2ccc3c(c2)CC(=O)N3C)nnc1[C@H]1COc2ccccc2O1. The Bertz CT molecular complexity index is 1260. The number of hydrogen-bond acceptors (Lipinski definition) is 7. The number of Topliss-reactive ketones (excluding diaryl/α,β-unsaturated/α-hetero) is 1. The summed E-state index contributed by atoms with van der Waals surface area (Å²) in [6, 6.07) is 12.9. The molecule has 1 aromatic heterocycles. The van der Waals surface area contributed by atoms with Crippen LogP contribution in [0.3, 0.4) is 0 Å². The van der Waals surface area contributed by atoms with Gasteiger partial charge >= 0.3 is 0 Å². The molecule has 1 amide bonds. The van der Waals surface area contributed by atoms with Crippen LogP contribution in [-0.2, 0) is 17.8 Å². The first-order valence-electron chi connectivity index (χ1n) is 10.5. The number of likely N-dealkylation sites (N-methyl/N-ethyl adjacent to an activating group) is 1. The molecule has 0 saturated heterocycles. The third-order valence-electron chi connectivity index (χ3n) is 5.66. The van der Waals surface area contributed by atoms with Crippen LogP contribution >= 0.6 is 11.8 Å². The molecular formula is C24H22N4O4S. The van der Waals surface area contributed by atoms with E-state index in [-0.39, 0.29) is 17.4 Å². The number of thioether (sulfide) groups is 1. The van der Waals surface area contributed by atoms with Gasteiger partial charge in [0, 0.05) is 24.8 Å². The van der Waals surface area contributed by atoms with E-state index in [1.807, 2.05) is 41.0 Å². The Kier molecular flexibility index (Phi) is 5.63. The van der Waals surface area contributed by atoms with Gasteiger partial charge in [0.25, 0.3) is 0 Å². The summed E-state index contributed by atoms with van der Waals surface area (Å²) in [6.45, 7) is 4.63. The van der Waals surface area contributed by atoms with Gasteiger partial charge in [-0.15, -0.1) is 16.8 Å². The minimum atomic E-state index is -0.413. The topological polar surface area (TPSA) is 86.6 Å². The standard InChI is InChI=1S/C24H22N4O4S/c1-3-10-28-23(21-13-31-19-6-4-5-7-20(19)32-21)25-26-24(28)33-14-18(29)15-8-9-17-16(11-15)12-22(30)27(17)2/h3-9,11,21H,1,10,12-14H2,2H3/t21-/m1/s1. The number of rotatable bonds is 7. The van der Waals surface area contributed by atoms with Crippen LogP contribution in [0, 0.1) is 0 Å². The molecule has 0 saturated carbocycles. The molecule has 5 rings (SSSR count). The molecule has 0 N–H and O–H groups in total. The van der Waals surface area contributed by atoms with Gasteiger partial charge in [0.15, 0.2) is 34.4 Å². The number of amides is 1. The fourth-order valence-corrected chi connectivity index (χ4v) is 4.80. The molecule has 3 aromatic rings. The van der Waals surface area contributed by atoms with E-state index >= 15 is 0 Å². The highest BCUT2D eigenvalue weighted by Gasteiger charge is 2.29. The minimum absolute atomic E-state index is 0.0329. The zero-order valence-electron chi connectivity index (χ0n) is 18.1. The summed E-state index contributed by atoms with van der Waals surface area (Å²) in [5.41, 5.74) is 2.32. The number of carbonyl (C=O) groups excluding carboxylic acids is 2. The highest BCUT2D eigenvalue weighted by Crippen LogP contribution is 2.36. The van der Waals surface area contributed by atoms with Gasteiger partial charge in [0.1, 0.15) is 6.61 Å². The molecule has 2 aromatic carbocycles. The van der Waals surface area contributed by atoms with E-state index in [4.69, 9.17) is 9.47 Å². The van der Waals surface area contributed by atoms with Crippen molar-refractivity contribution in [3.63, 3.8) is 0 Å². The summed E-state index contributed by atoms with van der Waals surface area (Å²) >= 11 is 1.31. The molecule has 0 radical (unpaired) electrons. The van der Waals surface area contributed by atoms with Crippen molar-refractivity contribution in [1.29, 1.82) is 0 Å². The van der Waals surface area contributed by atoms with E-state index < -0.39 is 6.10 Å². The van der Waals surface area contributed by atoms with Crippen LogP contribution in [0.1, 0.15) is 27.8 Å². The van der Waals surface area contributed by atoms with E-state index in [0.717, 1.165) is 11.3 Å². The summed E-state index contributed by atoms with van der Waals surface area (Å²) < 4.78 is 13.8. The number of carbonyl (C=O) groups is 2. The van der Waals surface area contributed by atoms with Crippen LogP contribution in [0.2, 0.25) is 0 Å². The molecule has 0 bridgehead atoms. The van der Waals surface area contributed by atoms with Crippen LogP contribution in [0.5, 0.6) is 11.5 Å². The summed E-state index contributed by atoms with van der Waals surface area (Å²) in [6.07, 6.45) is 1.66. The van der Waals surface area contributed by atoms with Gasteiger partial charge in [-0.2, -0.15) is 0 Å². The molecule has 8 nitrogen and oxygen atoms in total. The lowest BCUT2D eigenvalue weighted by atomic mass is 10.1. The molecule has 0 spiro atoms. The van der Waals surface area contributed by atoms with Crippen LogP contribution in [0.25, 0.3) is 0 Å². The van der Waals surface area contributed by atoms with Gasteiger partial charge in [0.05, 0.1) is 12.2 Å². The first-order valence-corrected chi connectivity index (χ1v) is 11.5. The Morgan fingerprint density at radius 3 is 2.88 bits per heavy atom. The number of allylic oxidation sites excluding steroid dienone is 1. The Hall–Kier alpha value is -3.59. The molecule has 9 heteroatoms. The number of ketones is 1. The maximum absolute atomic E-state index is 12.9. The summed E-state index contributed by atoms with van der Waals surface area (Å²) in [7, 11) is 1.75. The number of hydrogen-bond donors (Lipinski definition) is 0. The second kappa shape index (κ2) is 8.74. The Morgan fingerprint density at radius 2 is 2.06 bits per heavy atom. The van der Waals surface area contributed by atoms with Crippen molar-refractivity contribution in [2.75, 3.05) is 24.3 Å². The predicted octanol–water partition coefficient (Wildman–Crippen LogP) is 3.47. The minimum Gasteiger partial charge on any atom is -0.485 e. The number of para-hydroxylation sites is 2. The zero-order chi connectivity index (χ0) is 22.9. The first-order chi connectivity index (χ1) is 16.0. The lowest BCUT2D eigenvalue weighted by molar-refractivity contribution is -0.117. The van der Waals surface area contributed by atoms with E-state index in [0.29, 0.717) is 47.6 Å². The van der Waals surface area contributed by atoms with Crippen molar-refractivity contribution in [2.24, 2.45) is 0 Å². The molecule has 2 aliphatic rings. The quantitative estimate of drug-likeness (QED) is 0.302. The first kappa shape index (κ1) is 21.3. The molecular weight excluding hydrogens is 440 g/mol. The molecule has 1 atom stereocenters. The molecule has 2 aliphatic heterocycles. The molecule has 3 heterocycles. The second-order valence-corrected chi connectivity index (χ2v) is 8.73. The van der Waals surface area contributed by atoms with Crippen molar-refractivity contribution in [3.8, 4) is 11.5 Å². The van der Waals surface area contributed by atoms with Gasteiger partial charge in [-0.25, -0.2) is 0 Å². The second-order valence-electron chi connectivity index (χ2n) is 7.79. The fraction of sp³-hybridized carbons (Fsp3) is 0.250. The largest absolute Gasteiger partial charge is 0.485 e. The summed E-state index contributed by atoms with van der Waals surface area (Å²) in [4.78, 5) is 26.4. The number of benzene rings is 2. The molecule has 0 unspecified atom stereocenters. The third kappa shape index (κ3) is 4.00. The fourth-order valence-electron chi connectivity index (χ4n) is 3.95. The van der Waals surface area contributed by atoms with Crippen molar-refractivity contribution in [2.45, 2.75) is 24.2 Å². The Labute approximate surface area is 195 Å². The van der Waals surface area contributed by atoms with E-state index in [2.05, 4.69) is 16.8 Å². The van der Waals surface area contributed by atoms with E-state index in [1.165, 1.54) is 11.8 Å². The van der Waals surface area contributed by atoms with Crippen LogP contribution in [0.4, 0.5) is 5.69 Å². The van der Waals surface area contributed by atoms with Gasteiger partial charge < -0.3 is 14.4 Å². The van der Waals surface area contributed by atoms with Gasteiger partial charge in [0.2, 0.25) is 5.91 Å². The van der Waals surface area contributed by atoms with E-state index in [1.54, 1.807) is 24.1 Å². The van der Waals surface area contributed by atoms with Crippen LogP contribution in [-0.4, -0.2) is 45.9 Å². The highest BCUT2D eigenvalue weighted by molar-refractivity contribution is 7.99. The lowest BCUT2D eigenvalue weighted by Gasteiger charge is -2.26. The number of anilines is 1. The summed E-state index contributed by atoms with van der Waals surface area (Å²) in [5, 5.41) is 9.24. The van der Waals surface area contributed by atoms with E-state index in [9.17, 15) is 9.59 Å². The summed E-state index contributed by atoms with van der Waals surface area (Å²) in [5.74, 6) is 2.18. The van der Waals surface area contributed by atoms with Crippen molar-refractivity contribution < 1.29 is 19.1 Å². The number of ether oxygens (including phenoxy) is 2. The maximum atomic E-state index is 12.9. The number of fused-ring (bicyclic) bond motifs is 2. The van der Waals surface area contributed by atoms with Gasteiger partial charge in [-0.1, -0.05) is 30.0 Å². The average molecular weight is 463 g/mol. The highest BCUT2D eigenvalue weighted by atomic mass is 32.2. The van der Waals surface area contributed by atoms with Crippen LogP contribution < -0.4 is 14.4 Å². The third-order valence-corrected chi connectivity index (χ3v) is 6.63.